The molecule has 0 amide bonds. The molecule has 1 aromatic carbocycles. The second-order valence-electron chi connectivity index (χ2n) is 4.18. The number of hydrogen-bond acceptors (Lipinski definition) is 1. The molecule has 0 aromatic heterocycles. The molecule has 0 heterocycles. The van der Waals surface area contributed by atoms with Gasteiger partial charge < -0.3 is 5.32 Å². The number of hydrogen-bond donors (Lipinski definition) is 1. The Bertz CT molecular complexity index is 357. The fourth-order valence-corrected chi connectivity index (χ4v) is 2.06. The highest BCUT2D eigenvalue weighted by molar-refractivity contribution is 5.49. The molecular weight excluding hydrogens is 196 g/mol. The lowest BCUT2D eigenvalue weighted by Gasteiger charge is -2.15. The van der Waals surface area contributed by atoms with Gasteiger partial charge in [0.05, 0.1) is 0 Å². The molecule has 0 bridgehead atoms. The Morgan fingerprint density at radius 1 is 1.20 bits per heavy atom. The molecule has 1 fully saturated rings. The number of aryl methyl sites for hydroxylation is 1. The average molecular weight is 211 g/mol. The normalized spacial score (nSPS) is 17.0. The number of rotatable bonds is 2. The second-order valence-corrected chi connectivity index (χ2v) is 4.18. The van der Waals surface area contributed by atoms with Crippen molar-refractivity contribution in [2.24, 2.45) is 0 Å². The first-order valence-corrected chi connectivity index (χ1v) is 5.39. The van der Waals surface area contributed by atoms with Gasteiger partial charge in [0.25, 0.3) is 0 Å². The minimum atomic E-state index is -0.495. The van der Waals surface area contributed by atoms with E-state index in [-0.39, 0.29) is 11.7 Å². The highest BCUT2D eigenvalue weighted by Gasteiger charge is 2.19. The zero-order valence-corrected chi connectivity index (χ0v) is 8.82. The van der Waals surface area contributed by atoms with Gasteiger partial charge in [0, 0.05) is 6.04 Å². The smallest absolute Gasteiger partial charge is 0.152 e. The lowest BCUT2D eigenvalue weighted by Crippen LogP contribution is -2.17. The largest absolute Gasteiger partial charge is 0.378 e. The van der Waals surface area contributed by atoms with Crippen LogP contribution in [0.4, 0.5) is 14.5 Å². The first-order valence-electron chi connectivity index (χ1n) is 5.39. The summed E-state index contributed by atoms with van der Waals surface area (Å²) in [6, 6.07) is 3.01. The van der Waals surface area contributed by atoms with E-state index in [2.05, 4.69) is 5.32 Å². The minimum Gasteiger partial charge on any atom is -0.378 e. The van der Waals surface area contributed by atoms with Crippen LogP contribution in [0.25, 0.3) is 0 Å². The summed E-state index contributed by atoms with van der Waals surface area (Å²) >= 11 is 0. The molecule has 0 unspecified atom stereocenters. The predicted octanol–water partition coefficient (Wildman–Crippen LogP) is 3.63. The monoisotopic (exact) mass is 211 g/mol. The van der Waals surface area contributed by atoms with E-state index in [0.717, 1.165) is 25.7 Å². The van der Waals surface area contributed by atoms with E-state index in [1.165, 1.54) is 12.1 Å². The third-order valence-corrected chi connectivity index (χ3v) is 2.99. The molecule has 0 saturated heterocycles. The topological polar surface area (TPSA) is 12.0 Å². The van der Waals surface area contributed by atoms with E-state index in [1.54, 1.807) is 6.92 Å². The molecule has 1 N–H and O–H groups in total. The summed E-state index contributed by atoms with van der Waals surface area (Å²) in [5.74, 6) is -0.952. The number of halogens is 2. The maximum Gasteiger partial charge on any atom is 0.152 e. The molecule has 2 rings (SSSR count). The van der Waals surface area contributed by atoms with E-state index in [1.807, 2.05) is 0 Å². The van der Waals surface area contributed by atoms with Gasteiger partial charge in [0.1, 0.15) is 11.5 Å². The van der Waals surface area contributed by atoms with Crippen LogP contribution in [0.1, 0.15) is 31.2 Å². The Morgan fingerprint density at radius 3 is 2.53 bits per heavy atom. The maximum absolute atomic E-state index is 13.6. The summed E-state index contributed by atoms with van der Waals surface area (Å²) in [5.41, 5.74) is 0.527. The Hall–Kier alpha value is -1.12. The third-order valence-electron chi connectivity index (χ3n) is 2.99. The summed E-state index contributed by atoms with van der Waals surface area (Å²) in [6.45, 7) is 1.65. The summed E-state index contributed by atoms with van der Waals surface area (Å²) < 4.78 is 27.0. The fourth-order valence-electron chi connectivity index (χ4n) is 2.06. The molecule has 0 aliphatic heterocycles. The second kappa shape index (κ2) is 4.17. The van der Waals surface area contributed by atoms with Crippen LogP contribution in [0.3, 0.4) is 0 Å². The standard InChI is InChI=1S/C12H15F2N/c1-8-6-7-10(13)12(11(8)14)15-9-4-2-3-5-9/h6-7,9,15H,2-5H2,1H3. The quantitative estimate of drug-likeness (QED) is 0.787. The van der Waals surface area contributed by atoms with E-state index in [4.69, 9.17) is 0 Å². The molecule has 1 aliphatic rings. The third kappa shape index (κ3) is 2.11. The zero-order valence-electron chi connectivity index (χ0n) is 8.82. The molecular formula is C12H15F2N. The molecule has 1 saturated carbocycles. The Balaban J connectivity index is 2.22. The van der Waals surface area contributed by atoms with Gasteiger partial charge in [-0.1, -0.05) is 18.9 Å². The van der Waals surface area contributed by atoms with Crippen LogP contribution in [-0.2, 0) is 0 Å². The van der Waals surface area contributed by atoms with Crippen molar-refractivity contribution in [3.63, 3.8) is 0 Å². The van der Waals surface area contributed by atoms with Gasteiger partial charge in [-0.2, -0.15) is 0 Å². The van der Waals surface area contributed by atoms with Crippen LogP contribution in [-0.4, -0.2) is 6.04 Å². The summed E-state index contributed by atoms with van der Waals surface area (Å²) in [4.78, 5) is 0. The Morgan fingerprint density at radius 2 is 1.87 bits per heavy atom. The van der Waals surface area contributed by atoms with E-state index in [0.29, 0.717) is 5.56 Å². The maximum atomic E-state index is 13.6. The van der Waals surface area contributed by atoms with Crippen LogP contribution >= 0.6 is 0 Å². The molecule has 0 atom stereocenters. The van der Waals surface area contributed by atoms with Crippen LogP contribution in [0.15, 0.2) is 12.1 Å². The summed E-state index contributed by atoms with van der Waals surface area (Å²) in [6.07, 6.45) is 4.30. The van der Waals surface area contributed by atoms with Gasteiger partial charge in [0.15, 0.2) is 5.82 Å². The molecule has 0 spiro atoms. The van der Waals surface area contributed by atoms with Crippen LogP contribution < -0.4 is 5.32 Å². The Labute approximate surface area is 88.5 Å². The van der Waals surface area contributed by atoms with Crippen LogP contribution in [0.2, 0.25) is 0 Å². The van der Waals surface area contributed by atoms with Gasteiger partial charge in [-0.25, -0.2) is 8.78 Å². The van der Waals surface area contributed by atoms with Gasteiger partial charge >= 0.3 is 0 Å². The molecule has 82 valence electrons. The highest BCUT2D eigenvalue weighted by Crippen LogP contribution is 2.27. The van der Waals surface area contributed by atoms with Gasteiger partial charge in [0.2, 0.25) is 0 Å². The van der Waals surface area contributed by atoms with Gasteiger partial charge in [-0.05, 0) is 31.4 Å². The summed E-state index contributed by atoms with van der Waals surface area (Å²) in [7, 11) is 0. The minimum absolute atomic E-state index is 0.0434. The first-order chi connectivity index (χ1) is 7.18. The zero-order chi connectivity index (χ0) is 10.8. The number of benzene rings is 1. The Kier molecular flexibility index (Phi) is 2.89. The van der Waals surface area contributed by atoms with Crippen molar-refractivity contribution >= 4 is 5.69 Å². The molecule has 3 heteroatoms. The molecule has 1 aromatic rings. The van der Waals surface area contributed by atoms with Crippen molar-refractivity contribution in [2.75, 3.05) is 5.32 Å². The lowest BCUT2D eigenvalue weighted by molar-refractivity contribution is 0.575. The van der Waals surface area contributed by atoms with E-state index in [9.17, 15) is 8.78 Å². The van der Waals surface area contributed by atoms with Gasteiger partial charge in [-0.3, -0.25) is 0 Å². The lowest BCUT2D eigenvalue weighted by atomic mass is 10.1. The first kappa shape index (κ1) is 10.4. The van der Waals surface area contributed by atoms with Crippen molar-refractivity contribution in [1.82, 2.24) is 0 Å². The average Bonchev–Trinajstić information content (AvgIpc) is 2.71. The van der Waals surface area contributed by atoms with E-state index < -0.39 is 11.6 Å². The molecule has 1 nitrogen and oxygen atoms in total. The van der Waals surface area contributed by atoms with Gasteiger partial charge in [-0.15, -0.1) is 0 Å². The molecule has 15 heavy (non-hydrogen) atoms. The fraction of sp³-hybridized carbons (Fsp3) is 0.500. The van der Waals surface area contributed by atoms with Crippen molar-refractivity contribution in [3.05, 3.63) is 29.3 Å². The van der Waals surface area contributed by atoms with Crippen molar-refractivity contribution in [2.45, 2.75) is 38.6 Å². The molecule has 0 radical (unpaired) electrons. The van der Waals surface area contributed by atoms with Crippen molar-refractivity contribution < 1.29 is 8.78 Å². The van der Waals surface area contributed by atoms with Crippen molar-refractivity contribution in [1.29, 1.82) is 0 Å². The molecule has 1 aliphatic carbocycles. The highest BCUT2D eigenvalue weighted by atomic mass is 19.1. The van der Waals surface area contributed by atoms with Crippen LogP contribution in [0.5, 0.6) is 0 Å². The number of anilines is 1. The van der Waals surface area contributed by atoms with Crippen molar-refractivity contribution in [3.8, 4) is 0 Å². The predicted molar refractivity (Wildman–Crippen MR) is 57.0 cm³/mol. The van der Waals surface area contributed by atoms with Crippen LogP contribution in [0, 0.1) is 18.6 Å². The number of nitrogens with one attached hydrogen (secondary N) is 1. The summed E-state index contributed by atoms with van der Waals surface area (Å²) in [5, 5.41) is 2.97. The van der Waals surface area contributed by atoms with E-state index >= 15 is 0 Å². The SMILES string of the molecule is Cc1ccc(F)c(NC2CCCC2)c1F.